The molecule has 0 radical (unpaired) electrons. The van der Waals surface area contributed by atoms with Gasteiger partial charge in [0.2, 0.25) is 0 Å². The van der Waals surface area contributed by atoms with Gasteiger partial charge in [-0.2, -0.15) is 0 Å². The predicted octanol–water partition coefficient (Wildman–Crippen LogP) is 3.30. The maximum absolute atomic E-state index is 5.53. The summed E-state index contributed by atoms with van der Waals surface area (Å²) in [4.78, 5) is 6.27. The van der Waals surface area contributed by atoms with Crippen molar-refractivity contribution in [3.05, 3.63) is 39.2 Å². The molecule has 0 spiro atoms. The van der Waals surface area contributed by atoms with Crippen LogP contribution in [0.2, 0.25) is 0 Å². The van der Waals surface area contributed by atoms with Gasteiger partial charge in [0.1, 0.15) is 0 Å². The summed E-state index contributed by atoms with van der Waals surface area (Å²) in [5.74, 6) is 0. The lowest BCUT2D eigenvalue weighted by molar-refractivity contribution is 0.742. The molecule has 0 bridgehead atoms. The van der Waals surface area contributed by atoms with Crippen molar-refractivity contribution in [3.8, 4) is 11.3 Å². The fourth-order valence-corrected chi connectivity index (χ4v) is 3.64. The Balaban J connectivity index is 1.86. The molecule has 0 saturated carbocycles. The van der Waals surface area contributed by atoms with Crippen molar-refractivity contribution < 1.29 is 0 Å². The van der Waals surface area contributed by atoms with E-state index in [1.807, 2.05) is 11.3 Å². The third-order valence-corrected chi connectivity index (χ3v) is 4.57. The van der Waals surface area contributed by atoms with Gasteiger partial charge >= 0.3 is 0 Å². The SMILES string of the molecule is Cc1ccc2c(c1)-c1nc(CCCCN)sc1C2. The van der Waals surface area contributed by atoms with Gasteiger partial charge in [-0.25, -0.2) is 4.98 Å². The lowest BCUT2D eigenvalue weighted by atomic mass is 10.1. The van der Waals surface area contributed by atoms with Crippen molar-refractivity contribution in [1.82, 2.24) is 4.98 Å². The fraction of sp³-hybridized carbons (Fsp3) is 0.400. The summed E-state index contributed by atoms with van der Waals surface area (Å²) in [7, 11) is 0. The van der Waals surface area contributed by atoms with Gasteiger partial charge in [0.25, 0.3) is 0 Å². The number of benzene rings is 1. The number of aromatic nitrogens is 1. The minimum Gasteiger partial charge on any atom is -0.330 e. The maximum atomic E-state index is 5.53. The maximum Gasteiger partial charge on any atom is 0.0935 e. The second-order valence-corrected chi connectivity index (χ2v) is 6.13. The summed E-state index contributed by atoms with van der Waals surface area (Å²) < 4.78 is 0. The number of hydrogen-bond acceptors (Lipinski definition) is 3. The number of nitrogens with two attached hydrogens (primary N) is 1. The average Bonchev–Trinajstić information content (AvgIpc) is 2.87. The molecule has 0 unspecified atom stereocenters. The highest BCUT2D eigenvalue weighted by Crippen LogP contribution is 2.40. The Bertz CT molecular complexity index is 572. The third kappa shape index (κ3) is 2.08. The number of rotatable bonds is 4. The first-order chi connectivity index (χ1) is 8.78. The number of aryl methyl sites for hydroxylation is 2. The largest absolute Gasteiger partial charge is 0.330 e. The Labute approximate surface area is 112 Å². The predicted molar refractivity (Wildman–Crippen MR) is 77.1 cm³/mol. The van der Waals surface area contributed by atoms with E-state index in [4.69, 9.17) is 10.7 Å². The molecule has 1 aliphatic carbocycles. The van der Waals surface area contributed by atoms with Gasteiger partial charge in [-0.3, -0.25) is 0 Å². The van der Waals surface area contributed by atoms with Crippen molar-refractivity contribution in [2.45, 2.75) is 32.6 Å². The fourth-order valence-electron chi connectivity index (χ4n) is 2.50. The second kappa shape index (κ2) is 4.82. The molecule has 1 aromatic carbocycles. The lowest BCUT2D eigenvalue weighted by Crippen LogP contribution is -1.98. The smallest absolute Gasteiger partial charge is 0.0935 e. The molecule has 0 saturated heterocycles. The summed E-state index contributed by atoms with van der Waals surface area (Å²) in [6.45, 7) is 2.93. The van der Waals surface area contributed by atoms with E-state index in [9.17, 15) is 0 Å². The zero-order valence-electron chi connectivity index (χ0n) is 10.7. The quantitative estimate of drug-likeness (QED) is 0.729. The number of thiazole rings is 1. The van der Waals surface area contributed by atoms with Crippen LogP contribution >= 0.6 is 11.3 Å². The third-order valence-electron chi connectivity index (χ3n) is 3.46. The Morgan fingerprint density at radius 3 is 3.06 bits per heavy atom. The van der Waals surface area contributed by atoms with Crippen LogP contribution in [0.25, 0.3) is 11.3 Å². The topological polar surface area (TPSA) is 38.9 Å². The van der Waals surface area contributed by atoms with Crippen molar-refractivity contribution >= 4 is 11.3 Å². The molecule has 94 valence electrons. The van der Waals surface area contributed by atoms with E-state index in [0.717, 1.165) is 32.2 Å². The number of hydrogen-bond donors (Lipinski definition) is 1. The summed E-state index contributed by atoms with van der Waals surface area (Å²) in [5, 5.41) is 1.28. The van der Waals surface area contributed by atoms with Crippen LogP contribution in [0.15, 0.2) is 18.2 Å². The van der Waals surface area contributed by atoms with E-state index in [2.05, 4.69) is 25.1 Å². The van der Waals surface area contributed by atoms with Gasteiger partial charge in [0, 0.05) is 16.9 Å². The lowest BCUT2D eigenvalue weighted by Gasteiger charge is -2.01. The van der Waals surface area contributed by atoms with Crippen LogP contribution in [0.5, 0.6) is 0 Å². The van der Waals surface area contributed by atoms with Crippen LogP contribution in [0.3, 0.4) is 0 Å². The summed E-state index contributed by atoms with van der Waals surface area (Å²) in [5.41, 5.74) is 10.9. The molecule has 1 heterocycles. The van der Waals surface area contributed by atoms with E-state index in [1.165, 1.54) is 32.3 Å². The van der Waals surface area contributed by atoms with Crippen molar-refractivity contribution in [1.29, 1.82) is 0 Å². The average molecular weight is 258 g/mol. The summed E-state index contributed by atoms with van der Waals surface area (Å²) >= 11 is 1.88. The number of nitrogens with zero attached hydrogens (tertiary/aromatic N) is 1. The first-order valence-electron chi connectivity index (χ1n) is 6.56. The number of unbranched alkanes of at least 4 members (excludes halogenated alkanes) is 1. The molecule has 0 fully saturated rings. The van der Waals surface area contributed by atoms with E-state index in [1.54, 1.807) is 0 Å². The molecule has 0 aliphatic heterocycles. The Hall–Kier alpha value is -1.19. The van der Waals surface area contributed by atoms with Crippen molar-refractivity contribution in [2.75, 3.05) is 6.54 Å². The highest BCUT2D eigenvalue weighted by atomic mass is 32.1. The van der Waals surface area contributed by atoms with E-state index < -0.39 is 0 Å². The molecule has 2 nitrogen and oxygen atoms in total. The second-order valence-electron chi connectivity index (χ2n) is 4.96. The molecule has 0 amide bonds. The molecular formula is C15H18N2S. The Morgan fingerprint density at radius 2 is 2.22 bits per heavy atom. The summed E-state index contributed by atoms with van der Waals surface area (Å²) in [6.07, 6.45) is 4.40. The minimum atomic E-state index is 0.785. The van der Waals surface area contributed by atoms with Gasteiger partial charge in [0.05, 0.1) is 10.7 Å². The number of fused-ring (bicyclic) bond motifs is 3. The van der Waals surface area contributed by atoms with E-state index in [-0.39, 0.29) is 0 Å². The Kier molecular flexibility index (Phi) is 3.18. The van der Waals surface area contributed by atoms with Crippen LogP contribution in [0.4, 0.5) is 0 Å². The molecule has 18 heavy (non-hydrogen) atoms. The first kappa shape index (κ1) is 11.9. The van der Waals surface area contributed by atoms with Crippen LogP contribution < -0.4 is 5.73 Å². The van der Waals surface area contributed by atoms with Gasteiger partial charge in [0.15, 0.2) is 0 Å². The molecule has 1 aliphatic rings. The molecule has 2 aromatic rings. The molecule has 0 atom stereocenters. The Morgan fingerprint density at radius 1 is 1.33 bits per heavy atom. The van der Waals surface area contributed by atoms with Gasteiger partial charge in [-0.1, -0.05) is 17.7 Å². The van der Waals surface area contributed by atoms with Gasteiger partial charge in [-0.05, 0) is 44.4 Å². The molecule has 3 rings (SSSR count). The monoisotopic (exact) mass is 258 g/mol. The van der Waals surface area contributed by atoms with E-state index in [0.29, 0.717) is 0 Å². The normalized spacial score (nSPS) is 12.6. The molecule has 2 N–H and O–H groups in total. The zero-order valence-corrected chi connectivity index (χ0v) is 11.5. The van der Waals surface area contributed by atoms with Crippen LogP contribution in [0, 0.1) is 6.92 Å². The van der Waals surface area contributed by atoms with Gasteiger partial charge < -0.3 is 5.73 Å². The molecular weight excluding hydrogens is 240 g/mol. The standard InChI is InChI=1S/C15H18N2S/c1-10-5-6-11-9-13-15(12(11)8-10)17-14(18-13)4-2-3-7-16/h5-6,8H,2-4,7,9,16H2,1H3. The summed E-state index contributed by atoms with van der Waals surface area (Å²) in [6, 6.07) is 6.70. The van der Waals surface area contributed by atoms with Crippen molar-refractivity contribution in [3.63, 3.8) is 0 Å². The minimum absolute atomic E-state index is 0.785. The highest BCUT2D eigenvalue weighted by Gasteiger charge is 2.22. The van der Waals surface area contributed by atoms with Gasteiger partial charge in [-0.15, -0.1) is 11.3 Å². The van der Waals surface area contributed by atoms with E-state index >= 15 is 0 Å². The molecule has 3 heteroatoms. The van der Waals surface area contributed by atoms with Crippen LogP contribution in [-0.2, 0) is 12.8 Å². The molecule has 1 aromatic heterocycles. The van der Waals surface area contributed by atoms with Crippen LogP contribution in [0.1, 0.15) is 33.9 Å². The first-order valence-corrected chi connectivity index (χ1v) is 7.38. The van der Waals surface area contributed by atoms with Crippen LogP contribution in [-0.4, -0.2) is 11.5 Å². The zero-order chi connectivity index (χ0) is 12.5. The van der Waals surface area contributed by atoms with Crippen molar-refractivity contribution in [2.24, 2.45) is 5.73 Å². The highest BCUT2D eigenvalue weighted by molar-refractivity contribution is 7.12.